The first-order valence-electron chi connectivity index (χ1n) is 12.6. The highest BCUT2D eigenvalue weighted by Gasteiger charge is 3.35. The van der Waals surface area contributed by atoms with Crippen LogP contribution in [-0.2, 0) is 20.5 Å². The molecule has 2 heterocycles. The molecular weight excluding hydrogens is 471 g/mol. The van der Waals surface area contributed by atoms with Gasteiger partial charge < -0.3 is 15.4 Å². The summed E-state index contributed by atoms with van der Waals surface area (Å²) in [5.74, 6) is -0.436. The normalized spacial score (nSPS) is 43.4. The number of carbonyl (C=O) groups excluding carboxylic acids is 2. The fourth-order valence-corrected chi connectivity index (χ4v) is 9.14. The molecule has 1 amide bonds. The van der Waals surface area contributed by atoms with Crippen molar-refractivity contribution in [2.45, 2.75) is 77.2 Å². The molecule has 9 heteroatoms. The summed E-state index contributed by atoms with van der Waals surface area (Å²) in [5, 5.41) is 7.13. The Balaban J connectivity index is 1.04. The van der Waals surface area contributed by atoms with Gasteiger partial charge >= 0.3 is 12.1 Å². The lowest BCUT2D eigenvalue weighted by Crippen LogP contribution is -2.54. The Bertz CT molecular complexity index is 1400. The van der Waals surface area contributed by atoms with Gasteiger partial charge in [-0.2, -0.15) is 13.2 Å². The Kier molecular flexibility index (Phi) is 3.73. The lowest BCUT2D eigenvalue weighted by molar-refractivity contribution is -0.176. The zero-order chi connectivity index (χ0) is 25.7. The molecule has 4 saturated carbocycles. The number of amides is 1. The first kappa shape index (κ1) is 22.4. The van der Waals surface area contributed by atoms with E-state index < -0.39 is 22.9 Å². The van der Waals surface area contributed by atoms with E-state index in [1.54, 1.807) is 12.1 Å². The minimum Gasteiger partial charge on any atom is -0.447 e. The molecule has 6 nitrogen and oxygen atoms in total. The number of anilines is 1. The molecule has 2 aromatic rings. The summed E-state index contributed by atoms with van der Waals surface area (Å²) in [6.45, 7) is 7.96. The molecule has 1 aliphatic heterocycles. The van der Waals surface area contributed by atoms with Gasteiger partial charge in [-0.3, -0.25) is 9.59 Å². The highest BCUT2D eigenvalue weighted by Crippen LogP contribution is 3.26. The largest absolute Gasteiger partial charge is 0.447 e. The number of nitrogens with one attached hydrogen (secondary N) is 2. The van der Waals surface area contributed by atoms with E-state index in [9.17, 15) is 22.8 Å². The lowest BCUT2D eigenvalue weighted by atomic mass is 9.78. The lowest BCUT2D eigenvalue weighted by Gasteiger charge is -2.36. The number of aryl methyl sites for hydroxylation is 1. The number of rotatable bonds is 4. The van der Waals surface area contributed by atoms with Crippen molar-refractivity contribution in [3.63, 3.8) is 0 Å². The van der Waals surface area contributed by atoms with Crippen molar-refractivity contribution in [3.05, 3.63) is 35.5 Å². The molecule has 36 heavy (non-hydrogen) atoms. The number of hydrogen-bond donors (Lipinski definition) is 2. The molecule has 190 valence electrons. The monoisotopic (exact) mass is 499 g/mol. The molecule has 1 aromatic heterocycles. The average Bonchev–Trinajstić information content (AvgIpc) is 3.62. The van der Waals surface area contributed by atoms with Gasteiger partial charge in [0.05, 0.1) is 16.3 Å². The number of pyridine rings is 1. The van der Waals surface area contributed by atoms with E-state index in [1.807, 2.05) is 19.9 Å². The van der Waals surface area contributed by atoms with E-state index >= 15 is 0 Å². The zero-order valence-corrected chi connectivity index (χ0v) is 20.6. The average molecular weight is 500 g/mol. The predicted molar refractivity (Wildman–Crippen MR) is 125 cm³/mol. The fraction of sp³-hybridized carbons (Fsp3) is 0.593. The van der Waals surface area contributed by atoms with E-state index in [0.29, 0.717) is 42.3 Å². The molecule has 5 fully saturated rings. The number of aromatic nitrogens is 1. The van der Waals surface area contributed by atoms with Crippen LogP contribution >= 0.6 is 0 Å². The number of benzene rings is 1. The van der Waals surface area contributed by atoms with Crippen LogP contribution in [0.4, 0.5) is 18.9 Å². The van der Waals surface area contributed by atoms with Crippen LogP contribution in [0.15, 0.2) is 24.3 Å². The van der Waals surface area contributed by atoms with Crippen LogP contribution in [0.3, 0.4) is 0 Å². The van der Waals surface area contributed by atoms with Gasteiger partial charge in [0.25, 0.3) is 5.91 Å². The van der Waals surface area contributed by atoms with Crippen molar-refractivity contribution in [1.29, 1.82) is 0 Å². The van der Waals surface area contributed by atoms with Crippen molar-refractivity contribution in [2.24, 2.45) is 21.7 Å². The summed E-state index contributed by atoms with van der Waals surface area (Å²) in [6.07, 6.45) is -1.74. The molecule has 5 atom stereocenters. The van der Waals surface area contributed by atoms with Gasteiger partial charge in [-0.25, -0.2) is 4.98 Å². The van der Waals surface area contributed by atoms with Gasteiger partial charge in [0, 0.05) is 34.0 Å². The molecule has 1 aromatic carbocycles. The Morgan fingerprint density at radius 2 is 1.72 bits per heavy atom. The summed E-state index contributed by atoms with van der Waals surface area (Å²) in [4.78, 5) is 29.6. The van der Waals surface area contributed by atoms with Crippen LogP contribution in [0, 0.1) is 28.6 Å². The van der Waals surface area contributed by atoms with Crippen LogP contribution in [0.2, 0.25) is 0 Å². The summed E-state index contributed by atoms with van der Waals surface area (Å²) < 4.78 is 46.1. The number of carbonyl (C=O) groups is 2. The van der Waals surface area contributed by atoms with Crippen molar-refractivity contribution < 1.29 is 27.5 Å². The number of esters is 1. The summed E-state index contributed by atoms with van der Waals surface area (Å²) in [5.41, 5.74) is -1.50. The van der Waals surface area contributed by atoms with Gasteiger partial charge in [0.15, 0.2) is 0 Å². The molecule has 5 aliphatic rings. The van der Waals surface area contributed by atoms with E-state index in [-0.39, 0.29) is 40.2 Å². The Morgan fingerprint density at radius 1 is 1.06 bits per heavy atom. The van der Waals surface area contributed by atoms with Gasteiger partial charge in [0.2, 0.25) is 5.60 Å². The first-order chi connectivity index (χ1) is 16.8. The third kappa shape index (κ3) is 1.96. The smallest absolute Gasteiger partial charge is 0.433 e. The highest BCUT2D eigenvalue weighted by atomic mass is 19.4. The van der Waals surface area contributed by atoms with Crippen molar-refractivity contribution in [3.8, 4) is 0 Å². The van der Waals surface area contributed by atoms with Gasteiger partial charge in [-0.15, -0.1) is 0 Å². The highest BCUT2D eigenvalue weighted by molar-refractivity contribution is 6.14. The maximum atomic E-state index is 13.5. The zero-order valence-electron chi connectivity index (χ0n) is 20.6. The third-order valence-corrected chi connectivity index (χ3v) is 10.9. The SMILES string of the molecule is Cc1ccc2nc(C(F)(F)F)cc(NC3CCC(NC(=O)[C@]45OC(=O)[C@@]6(C)C7(C)C4(C)C765)CC3)c2c1. The number of alkyl halides is 3. The summed E-state index contributed by atoms with van der Waals surface area (Å²) in [7, 11) is 0. The number of ether oxygens (including phenoxy) is 1. The summed E-state index contributed by atoms with van der Waals surface area (Å²) >= 11 is 0. The Hall–Kier alpha value is -2.84. The second kappa shape index (κ2) is 6.00. The number of fused-ring (bicyclic) bond motifs is 4. The molecule has 1 saturated heterocycles. The maximum absolute atomic E-state index is 13.5. The van der Waals surface area contributed by atoms with Crippen LogP contribution < -0.4 is 10.6 Å². The number of halogens is 3. The van der Waals surface area contributed by atoms with Crippen molar-refractivity contribution in [2.75, 3.05) is 5.32 Å². The topological polar surface area (TPSA) is 80.3 Å². The molecule has 1 spiro atoms. The Morgan fingerprint density at radius 3 is 2.36 bits per heavy atom. The van der Waals surface area contributed by atoms with Crippen LogP contribution in [-0.4, -0.2) is 34.5 Å². The third-order valence-electron chi connectivity index (χ3n) is 10.9. The maximum Gasteiger partial charge on any atom is 0.433 e. The first-order valence-corrected chi connectivity index (χ1v) is 12.6. The molecule has 0 bridgehead atoms. The van der Waals surface area contributed by atoms with E-state index in [2.05, 4.69) is 29.5 Å². The van der Waals surface area contributed by atoms with Gasteiger partial charge in [0.1, 0.15) is 5.69 Å². The minimum atomic E-state index is -4.53. The standard InChI is InChI=1S/C27H28F3N3O3/c1-13-5-10-17-16(11-13)18(12-19(33-17)26(28,29)30)31-14-6-8-15(9-7-14)32-20(34)25-24(4)23(3)22(2,21(35)36-25)27(23,24)25/h5,10-12,14-15H,6-9H2,1-4H3,(H,31,33)(H,32,34)/t14?,15?,22-,23?,24?,25-,27?/m0/s1. The quantitative estimate of drug-likeness (QED) is 0.594. The minimum absolute atomic E-state index is 0.0201. The number of nitrogens with zero attached hydrogens (tertiary/aromatic N) is 1. The fourth-order valence-electron chi connectivity index (χ4n) is 9.14. The summed E-state index contributed by atoms with van der Waals surface area (Å²) in [6, 6.07) is 6.23. The molecular formula is C27H28F3N3O3. The van der Waals surface area contributed by atoms with Gasteiger partial charge in [-0.1, -0.05) is 25.5 Å². The van der Waals surface area contributed by atoms with Crippen LogP contribution in [0.25, 0.3) is 10.9 Å². The molecule has 0 radical (unpaired) electrons. The predicted octanol–water partition coefficient (Wildman–Crippen LogP) is 4.74. The van der Waals surface area contributed by atoms with Crippen molar-refractivity contribution >= 4 is 28.5 Å². The number of hydrogen-bond acceptors (Lipinski definition) is 5. The second-order valence-electron chi connectivity index (χ2n) is 11.9. The Labute approximate surface area is 206 Å². The second-order valence-corrected chi connectivity index (χ2v) is 11.9. The molecule has 3 unspecified atom stereocenters. The molecule has 7 rings (SSSR count). The van der Waals surface area contributed by atoms with E-state index in [1.165, 1.54) is 0 Å². The van der Waals surface area contributed by atoms with E-state index in [4.69, 9.17) is 4.74 Å². The van der Waals surface area contributed by atoms with Crippen LogP contribution in [0.1, 0.15) is 57.7 Å². The van der Waals surface area contributed by atoms with E-state index in [0.717, 1.165) is 11.6 Å². The van der Waals surface area contributed by atoms with Crippen molar-refractivity contribution in [1.82, 2.24) is 10.3 Å². The van der Waals surface area contributed by atoms with Gasteiger partial charge in [-0.05, 0) is 57.7 Å². The molecule has 2 N–H and O–H groups in total. The van der Waals surface area contributed by atoms with Crippen LogP contribution in [0.5, 0.6) is 0 Å². The molecule has 4 aliphatic carbocycles.